The third kappa shape index (κ3) is 7.35. The lowest BCUT2D eigenvalue weighted by Crippen LogP contribution is -2.39. The molecule has 5 rings (SSSR count). The van der Waals surface area contributed by atoms with Crippen molar-refractivity contribution in [3.63, 3.8) is 0 Å². The highest BCUT2D eigenvalue weighted by molar-refractivity contribution is 7.22. The maximum atomic E-state index is 14.9. The second kappa shape index (κ2) is 13.9. The third-order valence-corrected chi connectivity index (χ3v) is 8.10. The first kappa shape index (κ1) is 34.1. The number of methoxy groups -OCH3 is 1. The first-order chi connectivity index (χ1) is 22.8. The molecule has 0 saturated heterocycles. The predicted octanol–water partition coefficient (Wildman–Crippen LogP) is 4.68. The van der Waals surface area contributed by atoms with Gasteiger partial charge in [-0.05, 0) is 55.6 Å². The zero-order chi connectivity index (χ0) is 34.7. The molecule has 0 atom stereocenters. The van der Waals surface area contributed by atoms with Crippen molar-refractivity contribution in [2.24, 2.45) is 0 Å². The van der Waals surface area contributed by atoms with Crippen LogP contribution in [0.5, 0.6) is 5.88 Å². The minimum atomic E-state index is -4.64. The number of hydrogen-bond donors (Lipinski definition) is 2. The summed E-state index contributed by atoms with van der Waals surface area (Å²) in [6.07, 6.45) is -4.64. The van der Waals surface area contributed by atoms with Crippen LogP contribution in [0.1, 0.15) is 11.1 Å². The SMILES string of the molecule is COc1ccc(-n2c(=O)c3c(CN(C)C)c(-c4ccc(NC(=O)NOCC(F)(F)F)cc4)sc3n(Cc3c(F)cccc3F)c2=O)nn1. The summed E-state index contributed by atoms with van der Waals surface area (Å²) in [5.74, 6) is -1.81. The summed E-state index contributed by atoms with van der Waals surface area (Å²) in [6.45, 7) is -2.04. The quantitative estimate of drug-likeness (QED) is 0.159. The Labute approximate surface area is 271 Å². The summed E-state index contributed by atoms with van der Waals surface area (Å²) in [4.78, 5) is 46.7. The van der Waals surface area contributed by atoms with Crippen LogP contribution in [0.15, 0.2) is 64.2 Å². The van der Waals surface area contributed by atoms with Crippen LogP contribution in [0.3, 0.4) is 0 Å². The van der Waals surface area contributed by atoms with Crippen LogP contribution >= 0.6 is 11.3 Å². The van der Waals surface area contributed by atoms with E-state index in [9.17, 15) is 36.3 Å². The van der Waals surface area contributed by atoms with Gasteiger partial charge in [-0.15, -0.1) is 21.5 Å². The normalized spacial score (nSPS) is 11.7. The first-order valence-electron chi connectivity index (χ1n) is 13.9. The number of carbonyl (C=O) groups is 1. The molecule has 0 radical (unpaired) electrons. The van der Waals surface area contributed by atoms with Crippen molar-refractivity contribution in [3.05, 3.63) is 98.2 Å². The standard InChI is InChI=1S/C30H26F5N7O5S/c1-40(2)13-19-24-26(43)42(22-11-12-23(46-3)38-37-22)29(45)41(14-18-20(31)5-4-6-21(18)32)27(24)48-25(19)16-7-9-17(10-8-16)36-28(44)39-47-15-30(33,34)35/h4-12H,13-15H2,1-3H3,(H2,36,39,44). The fourth-order valence-corrected chi connectivity index (χ4v) is 6.04. The van der Waals surface area contributed by atoms with Crippen molar-refractivity contribution in [2.75, 3.05) is 33.1 Å². The Morgan fingerprint density at radius 1 is 0.979 bits per heavy atom. The fourth-order valence-electron chi connectivity index (χ4n) is 4.74. The minimum Gasteiger partial charge on any atom is -0.480 e. The Bertz CT molecular complexity index is 2060. The lowest BCUT2D eigenvalue weighted by molar-refractivity contribution is -0.183. The van der Waals surface area contributed by atoms with Gasteiger partial charge in [-0.1, -0.05) is 18.2 Å². The maximum Gasteiger partial charge on any atom is 0.414 e. The van der Waals surface area contributed by atoms with E-state index in [0.717, 1.165) is 32.6 Å². The summed E-state index contributed by atoms with van der Waals surface area (Å²) >= 11 is 1.04. The van der Waals surface area contributed by atoms with E-state index in [1.54, 1.807) is 36.6 Å². The fraction of sp³-hybridized carbons (Fsp3) is 0.233. The number of alkyl halides is 3. The molecule has 48 heavy (non-hydrogen) atoms. The van der Waals surface area contributed by atoms with Gasteiger partial charge < -0.3 is 15.0 Å². The molecule has 0 saturated carbocycles. The van der Waals surface area contributed by atoms with Gasteiger partial charge in [-0.3, -0.25) is 14.2 Å². The summed E-state index contributed by atoms with van der Waals surface area (Å²) < 4.78 is 73.5. The molecule has 0 aliphatic rings. The molecule has 2 amide bonds. The van der Waals surface area contributed by atoms with Crippen LogP contribution in [0.25, 0.3) is 26.5 Å². The molecular formula is C30H26F5N7O5S. The number of halogens is 5. The number of hydroxylamine groups is 1. The number of rotatable bonds is 10. The predicted molar refractivity (Wildman–Crippen MR) is 166 cm³/mol. The van der Waals surface area contributed by atoms with E-state index in [-0.39, 0.29) is 34.1 Å². The van der Waals surface area contributed by atoms with Crippen LogP contribution in [0, 0.1) is 11.6 Å². The number of ether oxygens (including phenoxy) is 1. The van der Waals surface area contributed by atoms with E-state index in [0.29, 0.717) is 16.0 Å². The number of fused-ring (bicyclic) bond motifs is 1. The molecule has 0 unspecified atom stereocenters. The summed E-state index contributed by atoms with van der Waals surface area (Å²) in [5.41, 5.74) is 0.811. The molecular weight excluding hydrogens is 665 g/mol. The molecule has 2 N–H and O–H groups in total. The second-order valence-corrected chi connectivity index (χ2v) is 11.5. The van der Waals surface area contributed by atoms with Crippen LogP contribution < -0.4 is 26.8 Å². The Morgan fingerprint density at radius 3 is 2.25 bits per heavy atom. The minimum absolute atomic E-state index is 0.0982. The highest BCUT2D eigenvalue weighted by Crippen LogP contribution is 2.38. The molecule has 12 nitrogen and oxygen atoms in total. The van der Waals surface area contributed by atoms with Crippen LogP contribution in [0.2, 0.25) is 0 Å². The van der Waals surface area contributed by atoms with Gasteiger partial charge in [0.2, 0.25) is 5.88 Å². The molecule has 18 heteroatoms. The van der Waals surface area contributed by atoms with Gasteiger partial charge in [0.05, 0.1) is 19.0 Å². The highest BCUT2D eigenvalue weighted by Gasteiger charge is 2.28. The Morgan fingerprint density at radius 2 is 1.67 bits per heavy atom. The van der Waals surface area contributed by atoms with E-state index in [1.165, 1.54) is 37.4 Å². The highest BCUT2D eigenvalue weighted by atomic mass is 32.1. The van der Waals surface area contributed by atoms with E-state index in [1.807, 2.05) is 0 Å². The van der Waals surface area contributed by atoms with Crippen molar-refractivity contribution < 1.29 is 36.3 Å². The van der Waals surface area contributed by atoms with Crippen molar-refractivity contribution in [3.8, 4) is 22.1 Å². The van der Waals surface area contributed by atoms with Crippen LogP contribution in [-0.2, 0) is 17.9 Å². The van der Waals surface area contributed by atoms with Crippen molar-refractivity contribution in [1.29, 1.82) is 0 Å². The molecule has 3 heterocycles. The maximum absolute atomic E-state index is 14.9. The largest absolute Gasteiger partial charge is 0.480 e. The van der Waals surface area contributed by atoms with Gasteiger partial charge in [0, 0.05) is 28.7 Å². The molecule has 3 aromatic heterocycles. The first-order valence-corrected chi connectivity index (χ1v) is 14.7. The van der Waals surface area contributed by atoms with E-state index < -0.39 is 53.8 Å². The Hall–Kier alpha value is -5.20. The van der Waals surface area contributed by atoms with Gasteiger partial charge in [0.15, 0.2) is 12.4 Å². The smallest absolute Gasteiger partial charge is 0.414 e. The number of aromatic nitrogens is 4. The van der Waals surface area contributed by atoms with Gasteiger partial charge in [0.25, 0.3) is 5.56 Å². The van der Waals surface area contributed by atoms with E-state index in [4.69, 9.17) is 4.74 Å². The van der Waals surface area contributed by atoms with E-state index in [2.05, 4.69) is 20.4 Å². The number of thiophene rings is 1. The lowest BCUT2D eigenvalue weighted by atomic mass is 10.1. The Balaban J connectivity index is 1.66. The molecule has 252 valence electrons. The van der Waals surface area contributed by atoms with Gasteiger partial charge in [0.1, 0.15) is 16.5 Å². The van der Waals surface area contributed by atoms with Crippen LogP contribution in [0.4, 0.5) is 32.4 Å². The number of hydrogen-bond acceptors (Lipinski definition) is 9. The summed E-state index contributed by atoms with van der Waals surface area (Å²) in [6, 6.07) is 11.1. The van der Waals surface area contributed by atoms with Crippen LogP contribution in [-0.4, -0.2) is 64.3 Å². The Kier molecular flexibility index (Phi) is 9.87. The summed E-state index contributed by atoms with van der Waals surface area (Å²) in [7, 11) is 4.89. The van der Waals surface area contributed by atoms with Crippen molar-refractivity contribution >= 4 is 33.3 Å². The monoisotopic (exact) mass is 691 g/mol. The molecule has 0 aliphatic heterocycles. The zero-order valence-corrected chi connectivity index (χ0v) is 26.2. The number of anilines is 1. The van der Waals surface area contributed by atoms with E-state index >= 15 is 0 Å². The van der Waals surface area contributed by atoms with Crippen molar-refractivity contribution in [1.82, 2.24) is 29.7 Å². The number of nitrogens with zero attached hydrogens (tertiary/aromatic N) is 5. The van der Waals surface area contributed by atoms with Gasteiger partial charge in [-0.2, -0.15) is 13.2 Å². The molecule has 0 fully saturated rings. The number of benzene rings is 2. The molecule has 5 aromatic rings. The molecule has 0 bridgehead atoms. The summed E-state index contributed by atoms with van der Waals surface area (Å²) in [5, 5.41) is 10.3. The number of urea groups is 1. The number of nitrogens with one attached hydrogen (secondary N) is 2. The molecule has 0 aliphatic carbocycles. The molecule has 2 aromatic carbocycles. The average molecular weight is 692 g/mol. The molecule has 0 spiro atoms. The van der Waals surface area contributed by atoms with Gasteiger partial charge in [-0.25, -0.2) is 28.4 Å². The second-order valence-electron chi connectivity index (χ2n) is 10.5. The topological polar surface area (TPSA) is 133 Å². The zero-order valence-electron chi connectivity index (χ0n) is 25.4. The van der Waals surface area contributed by atoms with Crippen molar-refractivity contribution in [2.45, 2.75) is 19.3 Å². The third-order valence-electron chi connectivity index (χ3n) is 6.79. The lowest BCUT2D eigenvalue weighted by Gasteiger charge is -2.14. The van der Waals surface area contributed by atoms with Gasteiger partial charge >= 0.3 is 17.9 Å². The number of amides is 2. The average Bonchev–Trinajstić information content (AvgIpc) is 3.39. The number of carbonyl (C=O) groups excluding carboxylic acids is 1.